The molecule has 1 rings (SSSR count). The summed E-state index contributed by atoms with van der Waals surface area (Å²) in [4.78, 5) is 22.3. The average Bonchev–Trinajstić information content (AvgIpc) is 2.48. The van der Waals surface area contributed by atoms with Gasteiger partial charge in [0.05, 0.1) is 13.2 Å². The fourth-order valence-corrected chi connectivity index (χ4v) is 1.27. The number of hydrogen-bond donors (Lipinski definition) is 0. The van der Waals surface area contributed by atoms with Crippen molar-refractivity contribution in [3.8, 4) is 0 Å². The second-order valence-corrected chi connectivity index (χ2v) is 2.88. The molecule has 0 radical (unpaired) electrons. The van der Waals surface area contributed by atoms with Crippen molar-refractivity contribution in [2.45, 2.75) is 19.8 Å². The first-order valence-corrected chi connectivity index (χ1v) is 4.18. The average molecular weight is 208 g/mol. The fraction of sp³-hybridized carbons (Fsp3) is 0.750. The lowest BCUT2D eigenvalue weighted by molar-refractivity contribution is -0.174. The standard InChI is InChI=1S/C8H10F2O4/c1-2-13-6(11)8(5(9)10)3-4-14-7(8)12/h5H,2-4H2,1H3. The number of cyclic esters (lactones) is 1. The van der Waals surface area contributed by atoms with Crippen LogP contribution in [0.15, 0.2) is 0 Å². The maximum Gasteiger partial charge on any atom is 0.329 e. The van der Waals surface area contributed by atoms with E-state index >= 15 is 0 Å². The van der Waals surface area contributed by atoms with Gasteiger partial charge in [-0.3, -0.25) is 9.59 Å². The van der Waals surface area contributed by atoms with E-state index in [4.69, 9.17) is 0 Å². The number of carbonyl (C=O) groups excluding carboxylic acids is 2. The summed E-state index contributed by atoms with van der Waals surface area (Å²) >= 11 is 0. The van der Waals surface area contributed by atoms with E-state index in [0.717, 1.165) is 0 Å². The SMILES string of the molecule is CCOC(=O)C1(C(F)F)CCOC1=O. The second-order valence-electron chi connectivity index (χ2n) is 2.88. The number of alkyl halides is 2. The van der Waals surface area contributed by atoms with Gasteiger partial charge in [-0.1, -0.05) is 0 Å². The normalized spacial score (nSPS) is 26.4. The molecule has 0 saturated carbocycles. The van der Waals surface area contributed by atoms with Crippen molar-refractivity contribution < 1.29 is 27.8 Å². The lowest BCUT2D eigenvalue weighted by atomic mass is 9.87. The van der Waals surface area contributed by atoms with Gasteiger partial charge in [-0.05, 0) is 6.92 Å². The van der Waals surface area contributed by atoms with E-state index in [2.05, 4.69) is 9.47 Å². The molecular weight excluding hydrogens is 198 g/mol. The number of rotatable bonds is 3. The maximum atomic E-state index is 12.6. The van der Waals surface area contributed by atoms with Crippen molar-refractivity contribution in [1.82, 2.24) is 0 Å². The Balaban J connectivity index is 2.92. The highest BCUT2D eigenvalue weighted by Gasteiger charge is 2.59. The molecule has 4 nitrogen and oxygen atoms in total. The van der Waals surface area contributed by atoms with Crippen molar-refractivity contribution in [2.24, 2.45) is 5.41 Å². The van der Waals surface area contributed by atoms with Crippen molar-refractivity contribution >= 4 is 11.9 Å². The Morgan fingerprint density at radius 2 is 2.36 bits per heavy atom. The Hall–Kier alpha value is -1.20. The fourth-order valence-electron chi connectivity index (χ4n) is 1.27. The van der Waals surface area contributed by atoms with Gasteiger partial charge in [-0.25, -0.2) is 8.78 Å². The molecule has 80 valence electrons. The third-order valence-electron chi connectivity index (χ3n) is 2.11. The van der Waals surface area contributed by atoms with E-state index in [1.165, 1.54) is 6.92 Å². The van der Waals surface area contributed by atoms with Crippen LogP contribution in [0, 0.1) is 5.41 Å². The Bertz CT molecular complexity index is 254. The van der Waals surface area contributed by atoms with Gasteiger partial charge in [-0.15, -0.1) is 0 Å². The molecule has 14 heavy (non-hydrogen) atoms. The summed E-state index contributed by atoms with van der Waals surface area (Å²) in [5, 5.41) is 0. The number of halogens is 2. The van der Waals surface area contributed by atoms with Crippen molar-refractivity contribution in [3.05, 3.63) is 0 Å². The lowest BCUT2D eigenvalue weighted by Crippen LogP contribution is -2.43. The van der Waals surface area contributed by atoms with E-state index in [-0.39, 0.29) is 19.6 Å². The molecular formula is C8H10F2O4. The number of ether oxygens (including phenoxy) is 2. The minimum absolute atomic E-state index is 0.0411. The molecule has 1 atom stereocenters. The molecule has 1 unspecified atom stereocenters. The van der Waals surface area contributed by atoms with Crippen LogP contribution in [0.4, 0.5) is 8.78 Å². The number of esters is 2. The lowest BCUT2D eigenvalue weighted by Gasteiger charge is -2.20. The van der Waals surface area contributed by atoms with Crippen LogP contribution < -0.4 is 0 Å². The van der Waals surface area contributed by atoms with Crippen LogP contribution in [0.5, 0.6) is 0 Å². The molecule has 0 aromatic heterocycles. The zero-order valence-electron chi connectivity index (χ0n) is 7.59. The van der Waals surface area contributed by atoms with E-state index < -0.39 is 23.8 Å². The van der Waals surface area contributed by atoms with Crippen LogP contribution in [0.1, 0.15) is 13.3 Å². The van der Waals surface area contributed by atoms with Crippen LogP contribution in [-0.4, -0.2) is 31.6 Å². The summed E-state index contributed by atoms with van der Waals surface area (Å²) in [6, 6.07) is 0. The summed E-state index contributed by atoms with van der Waals surface area (Å²) in [5.41, 5.74) is -2.39. The molecule has 1 saturated heterocycles. The zero-order valence-corrected chi connectivity index (χ0v) is 7.59. The summed E-state index contributed by atoms with van der Waals surface area (Å²) in [5.74, 6) is -2.39. The number of hydrogen-bond acceptors (Lipinski definition) is 4. The Labute approximate surface area is 79.2 Å². The van der Waals surface area contributed by atoms with Crippen LogP contribution >= 0.6 is 0 Å². The smallest absolute Gasteiger partial charge is 0.329 e. The van der Waals surface area contributed by atoms with Gasteiger partial charge >= 0.3 is 11.9 Å². The highest BCUT2D eigenvalue weighted by molar-refractivity contribution is 6.01. The summed E-state index contributed by atoms with van der Waals surface area (Å²) < 4.78 is 34.1. The molecule has 0 aromatic rings. The largest absolute Gasteiger partial charge is 0.465 e. The molecule has 0 bridgehead atoms. The van der Waals surface area contributed by atoms with Crippen LogP contribution in [-0.2, 0) is 19.1 Å². The predicted octanol–water partition coefficient (Wildman–Crippen LogP) is 0.748. The first-order valence-electron chi connectivity index (χ1n) is 4.18. The second kappa shape index (κ2) is 3.89. The maximum absolute atomic E-state index is 12.6. The molecule has 1 aliphatic rings. The minimum atomic E-state index is -3.09. The van der Waals surface area contributed by atoms with Gasteiger partial charge in [0.1, 0.15) is 0 Å². The Kier molecular flexibility index (Phi) is 3.03. The van der Waals surface area contributed by atoms with Gasteiger partial charge in [0, 0.05) is 6.42 Å². The topological polar surface area (TPSA) is 52.6 Å². The molecule has 0 amide bonds. The van der Waals surface area contributed by atoms with Crippen LogP contribution in [0.2, 0.25) is 0 Å². The quantitative estimate of drug-likeness (QED) is 0.507. The summed E-state index contributed by atoms with van der Waals surface area (Å²) in [7, 11) is 0. The van der Waals surface area contributed by atoms with Gasteiger partial charge < -0.3 is 9.47 Å². The molecule has 6 heteroatoms. The molecule has 1 heterocycles. The van der Waals surface area contributed by atoms with Gasteiger partial charge in [0.15, 0.2) is 0 Å². The Morgan fingerprint density at radius 3 is 2.71 bits per heavy atom. The van der Waals surface area contributed by atoms with E-state index in [0.29, 0.717) is 0 Å². The Morgan fingerprint density at radius 1 is 1.71 bits per heavy atom. The molecule has 1 fully saturated rings. The minimum Gasteiger partial charge on any atom is -0.465 e. The predicted molar refractivity (Wildman–Crippen MR) is 40.6 cm³/mol. The molecule has 0 aromatic carbocycles. The monoisotopic (exact) mass is 208 g/mol. The van der Waals surface area contributed by atoms with E-state index in [1.807, 2.05) is 0 Å². The van der Waals surface area contributed by atoms with Gasteiger partial charge in [0.25, 0.3) is 6.43 Å². The third kappa shape index (κ3) is 1.44. The van der Waals surface area contributed by atoms with Gasteiger partial charge in [0.2, 0.25) is 5.41 Å². The highest BCUT2D eigenvalue weighted by Crippen LogP contribution is 2.37. The van der Waals surface area contributed by atoms with Crippen LogP contribution in [0.3, 0.4) is 0 Å². The first kappa shape index (κ1) is 10.9. The molecule has 0 aliphatic carbocycles. The van der Waals surface area contributed by atoms with Gasteiger partial charge in [-0.2, -0.15) is 0 Å². The molecule has 0 spiro atoms. The van der Waals surface area contributed by atoms with Crippen molar-refractivity contribution in [2.75, 3.05) is 13.2 Å². The van der Waals surface area contributed by atoms with E-state index in [9.17, 15) is 18.4 Å². The summed E-state index contributed by atoms with van der Waals surface area (Å²) in [6.45, 7) is 1.28. The third-order valence-corrected chi connectivity index (χ3v) is 2.11. The zero-order chi connectivity index (χ0) is 10.8. The van der Waals surface area contributed by atoms with E-state index in [1.54, 1.807) is 0 Å². The number of carbonyl (C=O) groups is 2. The first-order chi connectivity index (χ1) is 6.55. The van der Waals surface area contributed by atoms with Crippen LogP contribution in [0.25, 0.3) is 0 Å². The van der Waals surface area contributed by atoms with Crippen molar-refractivity contribution in [3.63, 3.8) is 0 Å². The highest BCUT2D eigenvalue weighted by atomic mass is 19.3. The molecule has 1 aliphatic heterocycles. The van der Waals surface area contributed by atoms with Crippen molar-refractivity contribution in [1.29, 1.82) is 0 Å². The molecule has 0 N–H and O–H groups in total. The summed E-state index contributed by atoms with van der Waals surface area (Å²) in [6.07, 6.45) is -3.40.